The van der Waals surface area contributed by atoms with Crippen molar-refractivity contribution in [3.8, 4) is 6.07 Å². The lowest BCUT2D eigenvalue weighted by molar-refractivity contribution is 0.119. The van der Waals surface area contributed by atoms with Crippen LogP contribution in [0.25, 0.3) is 0 Å². The Bertz CT molecular complexity index is 589. The minimum atomic E-state index is 0.0469. The predicted octanol–water partition coefficient (Wildman–Crippen LogP) is 4.01. The fourth-order valence-electron chi connectivity index (χ4n) is 1.49. The van der Waals surface area contributed by atoms with E-state index in [0.29, 0.717) is 5.56 Å². The molecular formula is C14H14N2OS2. The summed E-state index contributed by atoms with van der Waals surface area (Å²) in [5.41, 5.74) is 1.74. The van der Waals surface area contributed by atoms with E-state index in [-0.39, 0.29) is 6.10 Å². The van der Waals surface area contributed by atoms with Crippen molar-refractivity contribution in [1.29, 1.82) is 5.26 Å². The summed E-state index contributed by atoms with van der Waals surface area (Å²) < 4.78 is 5.25. The average molecular weight is 290 g/mol. The van der Waals surface area contributed by atoms with Crippen LogP contribution < -0.4 is 0 Å². The lowest BCUT2D eigenvalue weighted by Crippen LogP contribution is -1.95. The molecule has 1 heterocycles. The zero-order valence-corrected chi connectivity index (χ0v) is 12.4. The van der Waals surface area contributed by atoms with Crippen LogP contribution in [-0.4, -0.2) is 12.1 Å². The smallest absolute Gasteiger partial charge is 0.122 e. The number of thiazole rings is 1. The van der Waals surface area contributed by atoms with E-state index in [9.17, 15) is 0 Å². The van der Waals surface area contributed by atoms with Gasteiger partial charge in [0.05, 0.1) is 17.3 Å². The van der Waals surface area contributed by atoms with Gasteiger partial charge in [-0.05, 0) is 25.1 Å². The Labute approximate surface area is 121 Å². The highest BCUT2D eigenvalue weighted by Crippen LogP contribution is 2.26. The van der Waals surface area contributed by atoms with Gasteiger partial charge in [-0.2, -0.15) is 5.26 Å². The van der Waals surface area contributed by atoms with E-state index in [2.05, 4.69) is 16.4 Å². The number of hydrogen-bond acceptors (Lipinski definition) is 5. The minimum absolute atomic E-state index is 0.0469. The van der Waals surface area contributed by atoms with E-state index in [4.69, 9.17) is 10.00 Å². The first-order chi connectivity index (χ1) is 9.22. The Balaban J connectivity index is 1.98. The number of nitriles is 1. The molecule has 0 aliphatic carbocycles. The summed E-state index contributed by atoms with van der Waals surface area (Å²) in [7, 11) is 1.69. The summed E-state index contributed by atoms with van der Waals surface area (Å²) in [4.78, 5) is 5.64. The molecule has 0 aliphatic heterocycles. The lowest BCUT2D eigenvalue weighted by atomic mass is 10.2. The molecule has 0 N–H and O–H groups in total. The van der Waals surface area contributed by atoms with Crippen molar-refractivity contribution in [2.75, 3.05) is 7.11 Å². The molecule has 0 amide bonds. The van der Waals surface area contributed by atoms with Gasteiger partial charge in [0.15, 0.2) is 0 Å². The van der Waals surface area contributed by atoms with E-state index in [1.807, 2.05) is 31.2 Å². The molecule has 0 radical (unpaired) electrons. The molecule has 0 bridgehead atoms. The minimum Gasteiger partial charge on any atom is -0.375 e. The molecule has 19 heavy (non-hydrogen) atoms. The third-order valence-electron chi connectivity index (χ3n) is 2.62. The monoisotopic (exact) mass is 290 g/mol. The summed E-state index contributed by atoms with van der Waals surface area (Å²) >= 11 is 3.31. The van der Waals surface area contributed by atoms with Crippen molar-refractivity contribution in [1.82, 2.24) is 4.98 Å². The van der Waals surface area contributed by atoms with E-state index in [1.165, 1.54) is 0 Å². The highest BCUT2D eigenvalue weighted by molar-refractivity contribution is 7.98. The summed E-state index contributed by atoms with van der Waals surface area (Å²) in [6.45, 7) is 1.99. The number of aromatic nitrogens is 1. The molecule has 0 unspecified atom stereocenters. The van der Waals surface area contributed by atoms with Crippen LogP contribution in [-0.2, 0) is 10.5 Å². The molecule has 2 rings (SSSR count). The zero-order valence-electron chi connectivity index (χ0n) is 10.8. The van der Waals surface area contributed by atoms with Crippen molar-refractivity contribution in [2.45, 2.75) is 23.7 Å². The van der Waals surface area contributed by atoms with Crippen molar-refractivity contribution in [3.63, 3.8) is 0 Å². The Morgan fingerprint density at radius 2 is 2.37 bits per heavy atom. The first kappa shape index (κ1) is 14.1. The van der Waals surface area contributed by atoms with Crippen LogP contribution in [0.4, 0.5) is 0 Å². The van der Waals surface area contributed by atoms with Gasteiger partial charge < -0.3 is 4.74 Å². The SMILES string of the molecule is CO[C@H](C)c1nc(CSc2cccc(C#N)c2)cs1. The third kappa shape index (κ3) is 3.80. The maximum atomic E-state index is 8.86. The van der Waals surface area contributed by atoms with E-state index in [0.717, 1.165) is 21.3 Å². The van der Waals surface area contributed by atoms with Gasteiger partial charge in [-0.15, -0.1) is 23.1 Å². The molecule has 98 valence electrons. The molecular weight excluding hydrogens is 276 g/mol. The molecule has 0 saturated heterocycles. The summed E-state index contributed by atoms with van der Waals surface area (Å²) in [6, 6.07) is 9.77. The molecule has 5 heteroatoms. The van der Waals surface area contributed by atoms with Crippen molar-refractivity contribution in [3.05, 3.63) is 45.9 Å². The van der Waals surface area contributed by atoms with Crippen LogP contribution >= 0.6 is 23.1 Å². The van der Waals surface area contributed by atoms with Gasteiger partial charge in [0, 0.05) is 23.1 Å². The first-order valence-electron chi connectivity index (χ1n) is 5.83. The van der Waals surface area contributed by atoms with Crippen molar-refractivity contribution < 1.29 is 4.74 Å². The molecule has 2 aromatic rings. The standard InChI is InChI=1S/C14H14N2OS2/c1-10(17-2)14-16-12(9-19-14)8-18-13-5-3-4-11(6-13)7-15/h3-6,9-10H,8H2,1-2H3/t10-/m1/s1. The van der Waals surface area contributed by atoms with Crippen LogP contribution in [0.1, 0.15) is 29.3 Å². The second kappa shape index (κ2) is 6.71. The Morgan fingerprint density at radius 3 is 3.11 bits per heavy atom. The normalized spacial score (nSPS) is 12.1. The molecule has 3 nitrogen and oxygen atoms in total. The molecule has 0 saturated carbocycles. The highest BCUT2D eigenvalue weighted by atomic mass is 32.2. The Kier molecular flexibility index (Phi) is 4.97. The van der Waals surface area contributed by atoms with Gasteiger partial charge in [-0.1, -0.05) is 6.07 Å². The van der Waals surface area contributed by atoms with Crippen molar-refractivity contribution in [2.24, 2.45) is 0 Å². The van der Waals surface area contributed by atoms with Crippen LogP contribution in [0.3, 0.4) is 0 Å². The number of ether oxygens (including phenoxy) is 1. The Morgan fingerprint density at radius 1 is 1.53 bits per heavy atom. The highest BCUT2D eigenvalue weighted by Gasteiger charge is 2.09. The van der Waals surface area contributed by atoms with E-state index < -0.39 is 0 Å². The van der Waals surface area contributed by atoms with Crippen LogP contribution in [0.5, 0.6) is 0 Å². The number of hydrogen-bond donors (Lipinski definition) is 0. The lowest BCUT2D eigenvalue weighted by Gasteiger charge is -2.03. The third-order valence-corrected chi connectivity index (χ3v) is 4.70. The second-order valence-electron chi connectivity index (χ2n) is 3.98. The van der Waals surface area contributed by atoms with Gasteiger partial charge in [-0.25, -0.2) is 4.98 Å². The summed E-state index contributed by atoms with van der Waals surface area (Å²) in [5.74, 6) is 0.807. The molecule has 0 spiro atoms. The topological polar surface area (TPSA) is 45.9 Å². The summed E-state index contributed by atoms with van der Waals surface area (Å²) in [5, 5.41) is 11.9. The predicted molar refractivity (Wildman–Crippen MR) is 78.3 cm³/mol. The van der Waals surface area contributed by atoms with Gasteiger partial charge in [0.25, 0.3) is 0 Å². The second-order valence-corrected chi connectivity index (χ2v) is 5.92. The molecule has 0 aliphatic rings. The van der Waals surface area contributed by atoms with Gasteiger partial charge in [0.2, 0.25) is 0 Å². The van der Waals surface area contributed by atoms with E-state index in [1.54, 1.807) is 30.2 Å². The van der Waals surface area contributed by atoms with Gasteiger partial charge in [-0.3, -0.25) is 0 Å². The van der Waals surface area contributed by atoms with Gasteiger partial charge in [0.1, 0.15) is 11.1 Å². The number of benzene rings is 1. The Hall–Kier alpha value is -1.35. The number of methoxy groups -OCH3 is 1. The maximum absolute atomic E-state index is 8.86. The van der Waals surface area contributed by atoms with Gasteiger partial charge >= 0.3 is 0 Å². The van der Waals surface area contributed by atoms with Crippen LogP contribution in [0, 0.1) is 11.3 Å². The summed E-state index contributed by atoms with van der Waals surface area (Å²) in [6.07, 6.45) is 0.0469. The van der Waals surface area contributed by atoms with Crippen LogP contribution in [0.15, 0.2) is 34.5 Å². The number of rotatable bonds is 5. The molecule has 1 aromatic carbocycles. The first-order valence-corrected chi connectivity index (χ1v) is 7.69. The fourth-order valence-corrected chi connectivity index (χ4v) is 3.29. The number of nitrogens with zero attached hydrogens (tertiary/aromatic N) is 2. The fraction of sp³-hybridized carbons (Fsp3) is 0.286. The number of thioether (sulfide) groups is 1. The molecule has 0 fully saturated rings. The maximum Gasteiger partial charge on any atom is 0.122 e. The van der Waals surface area contributed by atoms with Crippen molar-refractivity contribution >= 4 is 23.1 Å². The molecule has 1 atom stereocenters. The van der Waals surface area contributed by atoms with E-state index >= 15 is 0 Å². The largest absolute Gasteiger partial charge is 0.375 e. The average Bonchev–Trinajstić information content (AvgIpc) is 2.93. The quantitative estimate of drug-likeness (QED) is 0.780. The zero-order chi connectivity index (χ0) is 13.7. The van der Waals surface area contributed by atoms with Crippen LogP contribution in [0.2, 0.25) is 0 Å². The molecule has 1 aromatic heterocycles.